The van der Waals surface area contributed by atoms with Crippen molar-refractivity contribution in [2.75, 3.05) is 39.3 Å². The van der Waals surface area contributed by atoms with Crippen LogP contribution in [0.1, 0.15) is 16.6 Å². The second-order valence-corrected chi connectivity index (χ2v) is 6.00. The van der Waals surface area contributed by atoms with Crippen molar-refractivity contribution in [3.05, 3.63) is 22.4 Å². The summed E-state index contributed by atoms with van der Waals surface area (Å²) in [6.07, 6.45) is 0. The van der Waals surface area contributed by atoms with Crippen LogP contribution in [0.25, 0.3) is 0 Å². The Morgan fingerprint density at radius 1 is 1.43 bits per heavy atom. The maximum Gasteiger partial charge on any atom is 0.261 e. The number of hydrogen-bond acceptors (Lipinski definition) is 5. The first-order valence-corrected chi connectivity index (χ1v) is 8.10. The number of nitrogens with zero attached hydrogens (tertiary/aromatic N) is 1. The molecular formula is C14H22N4O2S. The van der Waals surface area contributed by atoms with Gasteiger partial charge in [0.15, 0.2) is 0 Å². The molecule has 0 bridgehead atoms. The van der Waals surface area contributed by atoms with Gasteiger partial charge in [-0.05, 0) is 18.4 Å². The Kier molecular flexibility index (Phi) is 6.16. The number of amides is 2. The minimum atomic E-state index is -0.525. The predicted molar refractivity (Wildman–Crippen MR) is 83.6 cm³/mol. The molecule has 0 radical (unpaired) electrons. The van der Waals surface area contributed by atoms with Crippen molar-refractivity contribution >= 4 is 23.2 Å². The van der Waals surface area contributed by atoms with E-state index in [0.717, 1.165) is 32.7 Å². The zero-order valence-corrected chi connectivity index (χ0v) is 13.0. The van der Waals surface area contributed by atoms with Gasteiger partial charge in [-0.1, -0.05) is 6.07 Å². The first kappa shape index (κ1) is 15.9. The van der Waals surface area contributed by atoms with Crippen LogP contribution in [-0.2, 0) is 4.79 Å². The van der Waals surface area contributed by atoms with E-state index >= 15 is 0 Å². The fraction of sp³-hybridized carbons (Fsp3) is 0.571. The molecule has 21 heavy (non-hydrogen) atoms. The maximum atomic E-state index is 11.9. The van der Waals surface area contributed by atoms with Gasteiger partial charge >= 0.3 is 0 Å². The molecule has 1 aliphatic rings. The normalized spacial score (nSPS) is 17.2. The molecule has 0 aliphatic carbocycles. The molecule has 1 aliphatic heterocycles. The molecule has 0 aromatic carbocycles. The molecule has 2 heterocycles. The number of hydrogen-bond donors (Lipinski definition) is 3. The number of carbonyl (C=O) groups excluding carboxylic acids is 2. The summed E-state index contributed by atoms with van der Waals surface area (Å²) in [5, 5.41) is 10.7. The van der Waals surface area contributed by atoms with Crippen molar-refractivity contribution in [2.45, 2.75) is 13.0 Å². The zero-order chi connectivity index (χ0) is 15.1. The molecule has 1 unspecified atom stereocenters. The van der Waals surface area contributed by atoms with Gasteiger partial charge in [-0.15, -0.1) is 11.3 Å². The number of carbonyl (C=O) groups is 2. The van der Waals surface area contributed by atoms with Gasteiger partial charge in [-0.25, -0.2) is 0 Å². The quantitative estimate of drug-likeness (QED) is 0.685. The molecule has 2 rings (SSSR count). The first-order valence-electron chi connectivity index (χ1n) is 7.22. The van der Waals surface area contributed by atoms with E-state index in [1.807, 2.05) is 11.4 Å². The Morgan fingerprint density at radius 2 is 2.19 bits per heavy atom. The number of thiophene rings is 1. The van der Waals surface area contributed by atoms with E-state index in [0.29, 0.717) is 11.4 Å². The second-order valence-electron chi connectivity index (χ2n) is 5.06. The van der Waals surface area contributed by atoms with Crippen LogP contribution in [0.2, 0.25) is 0 Å². The average molecular weight is 310 g/mol. The van der Waals surface area contributed by atoms with Crippen molar-refractivity contribution in [1.82, 2.24) is 20.9 Å². The highest BCUT2D eigenvalue weighted by Crippen LogP contribution is 2.08. The van der Waals surface area contributed by atoms with Crippen molar-refractivity contribution in [1.29, 1.82) is 0 Å². The molecule has 3 N–H and O–H groups in total. The topological polar surface area (TPSA) is 73.5 Å². The monoisotopic (exact) mass is 310 g/mol. The van der Waals surface area contributed by atoms with Crippen LogP contribution in [0, 0.1) is 0 Å². The molecule has 2 amide bonds. The van der Waals surface area contributed by atoms with Crippen molar-refractivity contribution in [3.8, 4) is 0 Å². The SMILES string of the molecule is CC(NC(=O)c1cccs1)C(=O)NCCN1CCNCC1. The van der Waals surface area contributed by atoms with Crippen LogP contribution in [0.4, 0.5) is 0 Å². The lowest BCUT2D eigenvalue weighted by Gasteiger charge is -2.27. The zero-order valence-electron chi connectivity index (χ0n) is 12.2. The summed E-state index contributed by atoms with van der Waals surface area (Å²) < 4.78 is 0. The summed E-state index contributed by atoms with van der Waals surface area (Å²) in [6, 6.07) is 3.04. The minimum absolute atomic E-state index is 0.143. The Labute approximate surface area is 128 Å². The predicted octanol–water partition coefficient (Wildman–Crippen LogP) is -0.112. The lowest BCUT2D eigenvalue weighted by Crippen LogP contribution is -2.49. The van der Waals surface area contributed by atoms with Crippen molar-refractivity contribution in [2.24, 2.45) is 0 Å². The van der Waals surface area contributed by atoms with Gasteiger partial charge in [0.1, 0.15) is 6.04 Å². The molecule has 1 saturated heterocycles. The number of piperazine rings is 1. The van der Waals surface area contributed by atoms with Crippen LogP contribution >= 0.6 is 11.3 Å². The molecule has 116 valence electrons. The van der Waals surface area contributed by atoms with Gasteiger partial charge in [-0.3, -0.25) is 14.5 Å². The second kappa shape index (κ2) is 8.11. The smallest absolute Gasteiger partial charge is 0.261 e. The van der Waals surface area contributed by atoms with Gasteiger partial charge < -0.3 is 16.0 Å². The fourth-order valence-corrected chi connectivity index (χ4v) is 2.79. The summed E-state index contributed by atoms with van der Waals surface area (Å²) in [4.78, 5) is 26.7. The summed E-state index contributed by atoms with van der Waals surface area (Å²) in [5.41, 5.74) is 0. The third kappa shape index (κ3) is 5.11. The summed E-state index contributed by atoms with van der Waals surface area (Å²) >= 11 is 1.37. The minimum Gasteiger partial charge on any atom is -0.353 e. The molecule has 1 atom stereocenters. The molecular weight excluding hydrogens is 288 g/mol. The Balaban J connectivity index is 1.66. The lowest BCUT2D eigenvalue weighted by atomic mass is 10.3. The molecule has 7 heteroatoms. The maximum absolute atomic E-state index is 11.9. The highest BCUT2D eigenvalue weighted by atomic mass is 32.1. The van der Waals surface area contributed by atoms with Gasteiger partial charge in [0.05, 0.1) is 4.88 Å². The van der Waals surface area contributed by atoms with Gasteiger partial charge in [0.2, 0.25) is 5.91 Å². The van der Waals surface area contributed by atoms with Crippen LogP contribution in [0.15, 0.2) is 17.5 Å². The first-order chi connectivity index (χ1) is 10.2. The van der Waals surface area contributed by atoms with E-state index in [2.05, 4.69) is 20.9 Å². The number of nitrogens with one attached hydrogen (secondary N) is 3. The molecule has 1 fully saturated rings. The Bertz CT molecular complexity index is 458. The highest BCUT2D eigenvalue weighted by molar-refractivity contribution is 7.12. The van der Waals surface area contributed by atoms with Crippen molar-refractivity contribution < 1.29 is 9.59 Å². The van der Waals surface area contributed by atoms with E-state index in [1.54, 1.807) is 13.0 Å². The average Bonchev–Trinajstić information content (AvgIpc) is 3.02. The molecule has 0 saturated carbocycles. The van der Waals surface area contributed by atoms with Gasteiger partial charge in [0.25, 0.3) is 5.91 Å². The highest BCUT2D eigenvalue weighted by Gasteiger charge is 2.17. The number of rotatable bonds is 6. The third-order valence-corrected chi connectivity index (χ3v) is 4.29. The van der Waals surface area contributed by atoms with Crippen LogP contribution < -0.4 is 16.0 Å². The van der Waals surface area contributed by atoms with Crippen LogP contribution in [0.5, 0.6) is 0 Å². The van der Waals surface area contributed by atoms with Gasteiger partial charge in [0, 0.05) is 39.3 Å². The summed E-state index contributed by atoms with van der Waals surface area (Å²) in [5.74, 6) is -0.343. The lowest BCUT2D eigenvalue weighted by molar-refractivity contribution is -0.122. The molecule has 1 aromatic heterocycles. The fourth-order valence-electron chi connectivity index (χ4n) is 2.17. The summed E-state index contributed by atoms with van der Waals surface area (Å²) in [6.45, 7) is 7.19. The van der Waals surface area contributed by atoms with E-state index < -0.39 is 6.04 Å². The molecule has 1 aromatic rings. The third-order valence-electron chi connectivity index (χ3n) is 3.42. The van der Waals surface area contributed by atoms with Gasteiger partial charge in [-0.2, -0.15) is 0 Å². The van der Waals surface area contributed by atoms with Crippen LogP contribution in [0.3, 0.4) is 0 Å². The van der Waals surface area contributed by atoms with E-state index in [4.69, 9.17) is 0 Å². The van der Waals surface area contributed by atoms with E-state index in [-0.39, 0.29) is 11.8 Å². The van der Waals surface area contributed by atoms with Crippen LogP contribution in [-0.4, -0.2) is 62.0 Å². The summed E-state index contributed by atoms with van der Waals surface area (Å²) in [7, 11) is 0. The standard InChI is InChI=1S/C14H22N4O2S/c1-11(17-14(20)12-3-2-10-21-12)13(19)16-6-9-18-7-4-15-5-8-18/h2-3,10-11,15H,4-9H2,1H3,(H,16,19)(H,17,20). The van der Waals surface area contributed by atoms with Crippen molar-refractivity contribution in [3.63, 3.8) is 0 Å². The molecule has 0 spiro atoms. The Hall–Kier alpha value is -1.44. The Morgan fingerprint density at radius 3 is 2.86 bits per heavy atom. The largest absolute Gasteiger partial charge is 0.353 e. The van der Waals surface area contributed by atoms with E-state index in [9.17, 15) is 9.59 Å². The van der Waals surface area contributed by atoms with E-state index in [1.165, 1.54) is 11.3 Å². The molecule has 6 nitrogen and oxygen atoms in total.